The predicted octanol–water partition coefficient (Wildman–Crippen LogP) is 4.03. The first-order chi connectivity index (χ1) is 13.1. The van der Waals surface area contributed by atoms with Crippen LogP contribution >= 0.6 is 34.7 Å². The van der Waals surface area contributed by atoms with Gasteiger partial charge in [0.05, 0.1) is 28.6 Å². The molecule has 6 nitrogen and oxygen atoms in total. The topological polar surface area (TPSA) is 76.6 Å². The Kier molecular flexibility index (Phi) is 5.69. The quantitative estimate of drug-likeness (QED) is 0.517. The van der Waals surface area contributed by atoms with Gasteiger partial charge in [-0.05, 0) is 17.5 Å². The maximum atomic E-state index is 12.7. The number of aromatic nitrogens is 1. The van der Waals surface area contributed by atoms with Crippen LogP contribution in [-0.2, 0) is 20.5 Å². The number of hydrogen-bond donors (Lipinski definition) is 0. The van der Waals surface area contributed by atoms with Crippen LogP contribution in [0.4, 0.5) is 18.9 Å². The molecule has 1 fully saturated rings. The van der Waals surface area contributed by atoms with E-state index in [0.717, 1.165) is 28.0 Å². The number of alkyl halides is 3. The van der Waals surface area contributed by atoms with E-state index in [1.165, 1.54) is 18.6 Å². The van der Waals surface area contributed by atoms with Crippen LogP contribution in [0.2, 0.25) is 5.02 Å². The van der Waals surface area contributed by atoms with Crippen molar-refractivity contribution < 1.29 is 32.3 Å². The fourth-order valence-electron chi connectivity index (χ4n) is 2.48. The Morgan fingerprint density at radius 3 is 2.75 bits per heavy atom. The Balaban J connectivity index is 1.83. The highest BCUT2D eigenvalue weighted by atomic mass is 35.5. The number of halogens is 4. The number of methoxy groups -OCH3 is 1. The molecule has 1 aliphatic heterocycles. The first-order valence-corrected chi connectivity index (χ1v) is 9.69. The van der Waals surface area contributed by atoms with E-state index in [1.807, 2.05) is 0 Å². The van der Waals surface area contributed by atoms with Gasteiger partial charge in [-0.25, -0.2) is 14.7 Å². The average molecular weight is 451 g/mol. The first-order valence-electron chi connectivity index (χ1n) is 7.55. The van der Waals surface area contributed by atoms with E-state index in [2.05, 4.69) is 9.72 Å². The molecule has 0 spiro atoms. The van der Waals surface area contributed by atoms with Gasteiger partial charge in [-0.15, -0.1) is 11.3 Å². The third kappa shape index (κ3) is 3.87. The lowest BCUT2D eigenvalue weighted by atomic mass is 10.3. The molecular formula is C16H10ClF3N2O4S2. The van der Waals surface area contributed by atoms with E-state index in [1.54, 1.807) is 0 Å². The van der Waals surface area contributed by atoms with Gasteiger partial charge in [0.2, 0.25) is 11.8 Å². The van der Waals surface area contributed by atoms with Crippen LogP contribution in [0.25, 0.3) is 0 Å². The van der Waals surface area contributed by atoms with E-state index >= 15 is 0 Å². The Bertz CT molecular complexity index is 964. The van der Waals surface area contributed by atoms with E-state index < -0.39 is 34.8 Å². The van der Waals surface area contributed by atoms with Crippen molar-refractivity contribution in [2.24, 2.45) is 0 Å². The summed E-state index contributed by atoms with van der Waals surface area (Å²) >= 11 is 7.68. The van der Waals surface area contributed by atoms with Crippen molar-refractivity contribution in [3.8, 4) is 0 Å². The van der Waals surface area contributed by atoms with Gasteiger partial charge >= 0.3 is 12.1 Å². The highest BCUT2D eigenvalue weighted by molar-refractivity contribution is 8.00. The minimum atomic E-state index is -4.60. The number of rotatable bonds is 4. The van der Waals surface area contributed by atoms with Crippen LogP contribution < -0.4 is 4.90 Å². The lowest BCUT2D eigenvalue weighted by Crippen LogP contribution is -2.32. The number of amides is 2. The normalized spacial score (nSPS) is 17.3. The molecule has 0 aliphatic carbocycles. The van der Waals surface area contributed by atoms with E-state index in [-0.39, 0.29) is 27.0 Å². The second-order valence-electron chi connectivity index (χ2n) is 5.51. The molecule has 12 heteroatoms. The van der Waals surface area contributed by atoms with Crippen molar-refractivity contribution in [3.63, 3.8) is 0 Å². The first kappa shape index (κ1) is 20.6. The van der Waals surface area contributed by atoms with Crippen LogP contribution in [0.1, 0.15) is 21.7 Å². The summed E-state index contributed by atoms with van der Waals surface area (Å²) in [7, 11) is 1.18. The van der Waals surface area contributed by atoms with Crippen LogP contribution in [0.3, 0.4) is 0 Å². The number of thiophene rings is 1. The molecule has 0 aromatic carbocycles. The second-order valence-corrected chi connectivity index (χ2v) is 8.03. The van der Waals surface area contributed by atoms with Crippen LogP contribution in [-0.4, -0.2) is 35.1 Å². The van der Waals surface area contributed by atoms with Crippen LogP contribution in [0.15, 0.2) is 28.7 Å². The largest absolute Gasteiger partial charge is 0.465 e. The summed E-state index contributed by atoms with van der Waals surface area (Å²) in [6.07, 6.45) is -4.19. The molecule has 3 heterocycles. The molecule has 0 unspecified atom stereocenters. The molecule has 1 saturated heterocycles. The van der Waals surface area contributed by atoms with E-state index in [0.29, 0.717) is 12.3 Å². The number of pyridine rings is 1. The number of thioether (sulfide) groups is 1. The standard InChI is InChI=1S/C16H10ClF3N2O4S2/c1-26-15(25)12-9(2-3-27-12)22-11(23)5-10(14(22)24)28-13-8(17)4-7(6-21-13)16(18,19)20/h2-4,6,10H,5H2,1H3/t10-/m0/s1. The molecule has 148 valence electrons. The highest BCUT2D eigenvalue weighted by Gasteiger charge is 2.42. The third-order valence-electron chi connectivity index (χ3n) is 3.75. The molecule has 3 rings (SSSR count). The van der Waals surface area contributed by atoms with Gasteiger partial charge in [0.25, 0.3) is 0 Å². The fourth-order valence-corrected chi connectivity index (χ4v) is 4.55. The molecule has 2 aromatic rings. The number of ether oxygens (including phenoxy) is 1. The summed E-state index contributed by atoms with van der Waals surface area (Å²) in [5.41, 5.74) is -0.903. The maximum absolute atomic E-state index is 12.7. The number of hydrogen-bond acceptors (Lipinski definition) is 7. The van der Waals surface area contributed by atoms with Crippen molar-refractivity contribution in [1.82, 2.24) is 4.98 Å². The summed E-state index contributed by atoms with van der Waals surface area (Å²) in [6, 6.07) is 2.16. The average Bonchev–Trinajstić information content (AvgIpc) is 3.19. The molecule has 0 saturated carbocycles. The van der Waals surface area contributed by atoms with Crippen molar-refractivity contribution in [2.45, 2.75) is 22.9 Å². The molecular weight excluding hydrogens is 441 g/mol. The van der Waals surface area contributed by atoms with Gasteiger partial charge in [0.15, 0.2) is 0 Å². The van der Waals surface area contributed by atoms with Gasteiger partial charge in [-0.1, -0.05) is 23.4 Å². The molecule has 0 N–H and O–H groups in total. The van der Waals surface area contributed by atoms with Crippen molar-refractivity contribution in [3.05, 3.63) is 39.2 Å². The van der Waals surface area contributed by atoms with Crippen molar-refractivity contribution >= 4 is 58.2 Å². The number of imide groups is 1. The van der Waals surface area contributed by atoms with Gasteiger partial charge < -0.3 is 4.74 Å². The SMILES string of the molecule is COC(=O)c1sccc1N1C(=O)C[C@H](Sc2ncc(C(F)(F)F)cc2Cl)C1=O. The number of carbonyl (C=O) groups excluding carboxylic acids is 3. The maximum Gasteiger partial charge on any atom is 0.417 e. The molecule has 28 heavy (non-hydrogen) atoms. The van der Waals surface area contributed by atoms with E-state index in [4.69, 9.17) is 11.6 Å². The minimum Gasteiger partial charge on any atom is -0.465 e. The molecule has 2 amide bonds. The van der Waals surface area contributed by atoms with Gasteiger partial charge in [-0.2, -0.15) is 13.2 Å². The number of anilines is 1. The monoisotopic (exact) mass is 450 g/mol. The summed E-state index contributed by atoms with van der Waals surface area (Å²) in [5, 5.41) is 0.335. The van der Waals surface area contributed by atoms with Gasteiger partial charge in [-0.3, -0.25) is 9.59 Å². The molecule has 1 aliphatic rings. The summed E-state index contributed by atoms with van der Waals surface area (Å²) in [6.45, 7) is 0. The smallest absolute Gasteiger partial charge is 0.417 e. The molecule has 1 atom stereocenters. The third-order valence-corrected chi connectivity index (χ3v) is 6.24. The zero-order valence-electron chi connectivity index (χ0n) is 13.9. The summed E-state index contributed by atoms with van der Waals surface area (Å²) in [4.78, 5) is 41.5. The van der Waals surface area contributed by atoms with Gasteiger partial charge in [0, 0.05) is 12.6 Å². The zero-order chi connectivity index (χ0) is 20.6. The lowest BCUT2D eigenvalue weighted by molar-refractivity contribution is -0.138. The number of nitrogens with zero attached hydrogens (tertiary/aromatic N) is 2. The molecule has 2 aromatic heterocycles. The predicted molar refractivity (Wildman–Crippen MR) is 96.7 cm³/mol. The Labute approximate surface area is 169 Å². The molecule has 0 radical (unpaired) electrons. The minimum absolute atomic E-state index is 0.00109. The lowest BCUT2D eigenvalue weighted by Gasteiger charge is -2.15. The van der Waals surface area contributed by atoms with Crippen LogP contribution in [0, 0.1) is 0 Å². The van der Waals surface area contributed by atoms with Crippen molar-refractivity contribution in [2.75, 3.05) is 12.0 Å². The Morgan fingerprint density at radius 2 is 2.14 bits per heavy atom. The van der Waals surface area contributed by atoms with Crippen molar-refractivity contribution in [1.29, 1.82) is 0 Å². The molecule has 0 bridgehead atoms. The Morgan fingerprint density at radius 1 is 1.43 bits per heavy atom. The van der Waals surface area contributed by atoms with E-state index in [9.17, 15) is 27.6 Å². The fraction of sp³-hybridized carbons (Fsp3) is 0.250. The highest BCUT2D eigenvalue weighted by Crippen LogP contribution is 2.39. The Hall–Kier alpha value is -2.11. The number of esters is 1. The second kappa shape index (κ2) is 7.72. The van der Waals surface area contributed by atoms with Gasteiger partial charge in [0.1, 0.15) is 9.90 Å². The van der Waals surface area contributed by atoms with Crippen LogP contribution in [0.5, 0.6) is 0 Å². The zero-order valence-corrected chi connectivity index (χ0v) is 16.3. The number of carbonyl (C=O) groups is 3. The summed E-state index contributed by atoms with van der Waals surface area (Å²) in [5.74, 6) is -1.85. The summed E-state index contributed by atoms with van der Waals surface area (Å²) < 4.78 is 42.8.